The third kappa shape index (κ3) is 47.7. The Kier molecular flexibility index (Phi) is 45.2. The maximum Gasteiger partial charge on any atom is 0.306 e. The van der Waals surface area contributed by atoms with E-state index in [1.54, 1.807) is 0 Å². The Balaban J connectivity index is 4.19. The summed E-state index contributed by atoms with van der Waals surface area (Å²) in [6.07, 6.45) is 46.8. The molecule has 0 aliphatic rings. The fourth-order valence-corrected chi connectivity index (χ4v) is 8.26. The number of hydrogen-bond acceptors (Lipinski definition) is 6. The van der Waals surface area contributed by atoms with Crippen LogP contribution in [0.4, 0.5) is 0 Å². The molecule has 0 aromatic carbocycles. The van der Waals surface area contributed by atoms with Crippen molar-refractivity contribution in [2.24, 2.45) is 17.8 Å². The van der Waals surface area contributed by atoms with Crippen molar-refractivity contribution >= 4 is 17.9 Å². The fourth-order valence-electron chi connectivity index (χ4n) is 8.26. The molecule has 0 saturated carbocycles. The molecule has 0 aromatic heterocycles. The second-order valence-corrected chi connectivity index (χ2v) is 20.1. The summed E-state index contributed by atoms with van der Waals surface area (Å²) in [6.45, 7) is 13.7. The number of carbonyl (C=O) groups excluding carboxylic acids is 3. The van der Waals surface area contributed by atoms with E-state index < -0.39 is 6.10 Å². The maximum atomic E-state index is 12.8. The summed E-state index contributed by atoms with van der Waals surface area (Å²) in [5, 5.41) is 0. The van der Waals surface area contributed by atoms with Gasteiger partial charge in [-0.15, -0.1) is 0 Å². The van der Waals surface area contributed by atoms with Gasteiger partial charge in [0.25, 0.3) is 0 Å². The Morgan fingerprint density at radius 3 is 0.852 bits per heavy atom. The molecule has 2 atom stereocenters. The highest BCUT2D eigenvalue weighted by molar-refractivity contribution is 5.71. The molecule has 1 unspecified atom stereocenters. The minimum absolute atomic E-state index is 0.0656. The van der Waals surface area contributed by atoms with E-state index in [1.807, 2.05) is 0 Å². The zero-order valence-corrected chi connectivity index (χ0v) is 42.0. The number of hydrogen-bond donors (Lipinski definition) is 0. The topological polar surface area (TPSA) is 78.9 Å². The largest absolute Gasteiger partial charge is 0.462 e. The second-order valence-electron chi connectivity index (χ2n) is 20.1. The molecular formula is C55H106O6. The molecule has 61 heavy (non-hydrogen) atoms. The van der Waals surface area contributed by atoms with E-state index in [1.165, 1.54) is 180 Å². The molecule has 0 aliphatic carbocycles. The molecule has 0 fully saturated rings. The summed E-state index contributed by atoms with van der Waals surface area (Å²) in [6, 6.07) is 0. The first-order chi connectivity index (χ1) is 29.6. The van der Waals surface area contributed by atoms with Crippen LogP contribution in [0.1, 0.15) is 298 Å². The lowest BCUT2D eigenvalue weighted by molar-refractivity contribution is -0.167. The molecule has 0 heterocycles. The van der Waals surface area contributed by atoms with Gasteiger partial charge in [0.05, 0.1) is 0 Å². The third-order valence-electron chi connectivity index (χ3n) is 12.8. The minimum Gasteiger partial charge on any atom is -0.462 e. The number of carbonyl (C=O) groups is 3. The van der Waals surface area contributed by atoms with Crippen molar-refractivity contribution in [3.8, 4) is 0 Å². The molecule has 0 amide bonds. The van der Waals surface area contributed by atoms with Gasteiger partial charge < -0.3 is 14.2 Å². The van der Waals surface area contributed by atoms with Crippen LogP contribution in [0.3, 0.4) is 0 Å². The van der Waals surface area contributed by atoms with Crippen LogP contribution in [0.2, 0.25) is 0 Å². The van der Waals surface area contributed by atoms with Crippen molar-refractivity contribution in [2.45, 2.75) is 304 Å². The van der Waals surface area contributed by atoms with E-state index in [0.717, 1.165) is 75.5 Å². The van der Waals surface area contributed by atoms with Gasteiger partial charge in [-0.05, 0) is 37.0 Å². The van der Waals surface area contributed by atoms with Crippen molar-refractivity contribution in [2.75, 3.05) is 13.2 Å². The normalized spacial score (nSPS) is 12.6. The van der Waals surface area contributed by atoms with Crippen molar-refractivity contribution in [3.63, 3.8) is 0 Å². The van der Waals surface area contributed by atoms with Crippen LogP contribution in [-0.4, -0.2) is 37.2 Å². The van der Waals surface area contributed by atoms with Crippen LogP contribution in [-0.2, 0) is 28.6 Å². The van der Waals surface area contributed by atoms with Crippen molar-refractivity contribution in [1.29, 1.82) is 0 Å². The Morgan fingerprint density at radius 1 is 0.328 bits per heavy atom. The van der Waals surface area contributed by atoms with Gasteiger partial charge in [0.2, 0.25) is 0 Å². The van der Waals surface area contributed by atoms with Gasteiger partial charge in [0.15, 0.2) is 6.10 Å². The average Bonchev–Trinajstić information content (AvgIpc) is 3.23. The summed E-state index contributed by atoms with van der Waals surface area (Å²) in [5.41, 5.74) is 0. The molecule has 0 aromatic rings. The molecule has 0 spiro atoms. The molecule has 362 valence electrons. The van der Waals surface area contributed by atoms with Gasteiger partial charge in [-0.25, -0.2) is 0 Å². The maximum absolute atomic E-state index is 12.8. The van der Waals surface area contributed by atoms with Crippen molar-refractivity contribution in [1.82, 2.24) is 0 Å². The number of rotatable bonds is 48. The zero-order valence-electron chi connectivity index (χ0n) is 42.0. The summed E-state index contributed by atoms with van der Waals surface area (Å²) in [4.78, 5) is 37.9. The molecule has 0 radical (unpaired) electrons. The first kappa shape index (κ1) is 59.4. The zero-order chi connectivity index (χ0) is 44.9. The van der Waals surface area contributed by atoms with E-state index in [4.69, 9.17) is 14.2 Å². The predicted octanol–water partition coefficient (Wildman–Crippen LogP) is 17.6. The molecule has 0 N–H and O–H groups in total. The standard InChI is InChI=1S/C55H106O6/c1-7-51(6)43-37-31-24-20-16-14-12-10-8-9-11-13-15-17-21-26-34-40-46-55(58)61-52(48-60-54(57)45-39-33-28-27-30-36-42-50(4)5)47-59-53(56)44-38-32-25-22-18-19-23-29-35-41-49(2)3/h49-52H,7-48H2,1-6H3/t51?,52-/m0/s1. The highest BCUT2D eigenvalue weighted by atomic mass is 16.6. The first-order valence-electron chi connectivity index (χ1n) is 27.1. The lowest BCUT2D eigenvalue weighted by Crippen LogP contribution is -2.30. The second kappa shape index (κ2) is 46.4. The molecule has 0 rings (SSSR count). The van der Waals surface area contributed by atoms with E-state index in [-0.39, 0.29) is 31.1 Å². The molecule has 0 saturated heterocycles. The van der Waals surface area contributed by atoms with Gasteiger partial charge in [-0.1, -0.05) is 260 Å². The van der Waals surface area contributed by atoms with Gasteiger partial charge >= 0.3 is 17.9 Å². The lowest BCUT2D eigenvalue weighted by atomic mass is 9.99. The fraction of sp³-hybridized carbons (Fsp3) is 0.945. The summed E-state index contributed by atoms with van der Waals surface area (Å²) >= 11 is 0. The predicted molar refractivity (Wildman–Crippen MR) is 261 cm³/mol. The smallest absolute Gasteiger partial charge is 0.306 e. The van der Waals surface area contributed by atoms with Gasteiger partial charge in [0.1, 0.15) is 13.2 Å². The molecule has 0 aliphatic heterocycles. The van der Waals surface area contributed by atoms with Crippen LogP contribution >= 0.6 is 0 Å². The number of unbranched alkanes of at least 4 members (excludes halogenated alkanes) is 30. The van der Waals surface area contributed by atoms with Crippen LogP contribution < -0.4 is 0 Å². The molecule has 6 nitrogen and oxygen atoms in total. The average molecular weight is 863 g/mol. The van der Waals surface area contributed by atoms with E-state index in [2.05, 4.69) is 41.5 Å². The molecular weight excluding hydrogens is 757 g/mol. The van der Waals surface area contributed by atoms with Crippen LogP contribution in [0.15, 0.2) is 0 Å². The van der Waals surface area contributed by atoms with E-state index >= 15 is 0 Å². The monoisotopic (exact) mass is 863 g/mol. The summed E-state index contributed by atoms with van der Waals surface area (Å²) in [7, 11) is 0. The van der Waals surface area contributed by atoms with Gasteiger partial charge in [0, 0.05) is 19.3 Å². The highest BCUT2D eigenvalue weighted by Gasteiger charge is 2.19. The SMILES string of the molecule is CCC(C)CCCCCCCCCCCCCCCCCCCCC(=O)O[C@@H](COC(=O)CCCCCCCCCCCC(C)C)COC(=O)CCCCCCCCC(C)C. The van der Waals surface area contributed by atoms with E-state index in [9.17, 15) is 14.4 Å². The number of ether oxygens (including phenoxy) is 3. The van der Waals surface area contributed by atoms with E-state index in [0.29, 0.717) is 19.3 Å². The summed E-state index contributed by atoms with van der Waals surface area (Å²) < 4.78 is 16.8. The Labute approximate surface area is 380 Å². The van der Waals surface area contributed by atoms with Crippen LogP contribution in [0.25, 0.3) is 0 Å². The Morgan fingerprint density at radius 2 is 0.574 bits per heavy atom. The quantitative estimate of drug-likeness (QED) is 0.0344. The summed E-state index contributed by atoms with van der Waals surface area (Å²) in [5.74, 6) is 1.62. The number of esters is 3. The van der Waals surface area contributed by atoms with Crippen LogP contribution in [0.5, 0.6) is 0 Å². The van der Waals surface area contributed by atoms with Gasteiger partial charge in [-0.2, -0.15) is 0 Å². The van der Waals surface area contributed by atoms with Gasteiger partial charge in [-0.3, -0.25) is 14.4 Å². The van der Waals surface area contributed by atoms with Crippen LogP contribution in [0, 0.1) is 17.8 Å². The third-order valence-corrected chi connectivity index (χ3v) is 12.8. The molecule has 0 bridgehead atoms. The van der Waals surface area contributed by atoms with Crippen molar-refractivity contribution in [3.05, 3.63) is 0 Å². The molecule has 6 heteroatoms. The van der Waals surface area contributed by atoms with Crippen molar-refractivity contribution < 1.29 is 28.6 Å². The Hall–Kier alpha value is -1.59. The lowest BCUT2D eigenvalue weighted by Gasteiger charge is -2.18. The Bertz CT molecular complexity index is 947. The highest BCUT2D eigenvalue weighted by Crippen LogP contribution is 2.18. The first-order valence-corrected chi connectivity index (χ1v) is 27.1. The minimum atomic E-state index is -0.763.